The first-order valence-corrected chi connectivity index (χ1v) is 4.42. The molecule has 0 bridgehead atoms. The van der Waals surface area contributed by atoms with Gasteiger partial charge in [0, 0.05) is 17.4 Å². The Bertz CT molecular complexity index is 350. The van der Waals surface area contributed by atoms with E-state index in [2.05, 4.69) is 4.98 Å². The van der Waals surface area contributed by atoms with Gasteiger partial charge in [0.05, 0.1) is 6.42 Å². The van der Waals surface area contributed by atoms with Crippen LogP contribution in [0, 0.1) is 13.8 Å². The molecular weight excluding hydrogens is 180 g/mol. The Morgan fingerprint density at radius 2 is 2.21 bits per heavy atom. The third kappa shape index (κ3) is 2.53. The molecule has 1 rings (SSSR count). The third-order valence-electron chi connectivity index (χ3n) is 2.06. The van der Waals surface area contributed by atoms with Crippen LogP contribution in [0.15, 0.2) is 12.1 Å². The molecule has 0 aliphatic heterocycles. The summed E-state index contributed by atoms with van der Waals surface area (Å²) < 4.78 is 0. The summed E-state index contributed by atoms with van der Waals surface area (Å²) in [4.78, 5) is 14.7. The van der Waals surface area contributed by atoms with Gasteiger partial charge in [-0.25, -0.2) is 0 Å². The van der Waals surface area contributed by atoms with Crippen molar-refractivity contribution in [2.45, 2.75) is 26.3 Å². The molecule has 1 aromatic heterocycles. The lowest BCUT2D eigenvalue weighted by Crippen LogP contribution is -2.16. The minimum Gasteiger partial charge on any atom is -0.481 e. The molecule has 0 saturated carbocycles. The second-order valence-corrected chi connectivity index (χ2v) is 3.33. The summed E-state index contributed by atoms with van der Waals surface area (Å²) in [6.07, 6.45) is -0.0639. The van der Waals surface area contributed by atoms with Crippen molar-refractivity contribution in [2.24, 2.45) is 5.73 Å². The molecule has 0 aliphatic carbocycles. The van der Waals surface area contributed by atoms with Gasteiger partial charge >= 0.3 is 5.97 Å². The van der Waals surface area contributed by atoms with Crippen LogP contribution in [0.4, 0.5) is 0 Å². The molecular formula is C10H14N2O2. The molecule has 0 fully saturated rings. The van der Waals surface area contributed by atoms with Gasteiger partial charge in [0.2, 0.25) is 0 Å². The Labute approximate surface area is 82.8 Å². The molecule has 0 spiro atoms. The van der Waals surface area contributed by atoms with Gasteiger partial charge in [-0.3, -0.25) is 9.78 Å². The van der Waals surface area contributed by atoms with E-state index in [4.69, 9.17) is 10.8 Å². The summed E-state index contributed by atoms with van der Waals surface area (Å²) >= 11 is 0. The zero-order valence-corrected chi connectivity index (χ0v) is 8.32. The Balaban J connectivity index is 2.90. The molecule has 1 unspecified atom stereocenters. The van der Waals surface area contributed by atoms with Crippen molar-refractivity contribution in [1.82, 2.24) is 4.98 Å². The Morgan fingerprint density at radius 1 is 1.57 bits per heavy atom. The first kappa shape index (κ1) is 10.7. The van der Waals surface area contributed by atoms with Crippen molar-refractivity contribution in [3.05, 3.63) is 29.1 Å². The van der Waals surface area contributed by atoms with Crippen LogP contribution in [-0.2, 0) is 4.79 Å². The van der Waals surface area contributed by atoms with Crippen molar-refractivity contribution < 1.29 is 9.90 Å². The van der Waals surface area contributed by atoms with Crippen molar-refractivity contribution in [1.29, 1.82) is 0 Å². The summed E-state index contributed by atoms with van der Waals surface area (Å²) in [5, 5.41) is 8.59. The number of carboxylic acid groups (broad SMARTS) is 1. The lowest BCUT2D eigenvalue weighted by molar-refractivity contribution is -0.137. The van der Waals surface area contributed by atoms with Gasteiger partial charge in [-0.2, -0.15) is 0 Å². The predicted octanol–water partition coefficient (Wildman–Crippen LogP) is 1.17. The SMILES string of the molecule is Cc1ccc(C(N)CC(=O)O)c(C)n1. The van der Waals surface area contributed by atoms with Crippen LogP contribution in [0.1, 0.15) is 29.4 Å². The summed E-state index contributed by atoms with van der Waals surface area (Å²) in [5.41, 5.74) is 8.25. The number of hydrogen-bond acceptors (Lipinski definition) is 3. The number of carbonyl (C=O) groups is 1. The molecule has 0 aromatic carbocycles. The van der Waals surface area contributed by atoms with Gasteiger partial charge < -0.3 is 10.8 Å². The lowest BCUT2D eigenvalue weighted by Gasteiger charge is -2.11. The van der Waals surface area contributed by atoms with Gasteiger partial charge in [-0.1, -0.05) is 6.07 Å². The van der Waals surface area contributed by atoms with E-state index in [1.165, 1.54) is 0 Å². The van der Waals surface area contributed by atoms with Crippen LogP contribution in [0.2, 0.25) is 0 Å². The molecule has 1 atom stereocenters. The van der Waals surface area contributed by atoms with Gasteiger partial charge in [-0.05, 0) is 25.5 Å². The van der Waals surface area contributed by atoms with Crippen LogP contribution in [-0.4, -0.2) is 16.1 Å². The van der Waals surface area contributed by atoms with Gasteiger partial charge in [0.15, 0.2) is 0 Å². The van der Waals surface area contributed by atoms with E-state index in [1.807, 2.05) is 26.0 Å². The molecule has 4 heteroatoms. The van der Waals surface area contributed by atoms with Crippen molar-refractivity contribution >= 4 is 5.97 Å². The molecule has 0 amide bonds. The number of rotatable bonds is 3. The maximum atomic E-state index is 10.5. The maximum absolute atomic E-state index is 10.5. The largest absolute Gasteiger partial charge is 0.481 e. The smallest absolute Gasteiger partial charge is 0.305 e. The number of aliphatic carboxylic acids is 1. The van der Waals surface area contributed by atoms with Crippen molar-refractivity contribution in [3.63, 3.8) is 0 Å². The minimum atomic E-state index is -0.891. The highest BCUT2D eigenvalue weighted by Crippen LogP contribution is 2.17. The highest BCUT2D eigenvalue weighted by atomic mass is 16.4. The third-order valence-corrected chi connectivity index (χ3v) is 2.06. The van der Waals surface area contributed by atoms with E-state index >= 15 is 0 Å². The second kappa shape index (κ2) is 4.19. The molecule has 0 aliphatic rings. The molecule has 1 heterocycles. The summed E-state index contributed by atoms with van der Waals surface area (Å²) in [6.45, 7) is 3.73. The number of nitrogens with zero attached hydrogens (tertiary/aromatic N) is 1. The summed E-state index contributed by atoms with van der Waals surface area (Å²) in [5.74, 6) is -0.891. The fraction of sp³-hybridized carbons (Fsp3) is 0.400. The monoisotopic (exact) mass is 194 g/mol. The highest BCUT2D eigenvalue weighted by Gasteiger charge is 2.13. The number of aryl methyl sites for hydroxylation is 2. The topological polar surface area (TPSA) is 76.2 Å². The summed E-state index contributed by atoms with van der Waals surface area (Å²) in [7, 11) is 0. The molecule has 4 nitrogen and oxygen atoms in total. The molecule has 1 aromatic rings. The normalized spacial score (nSPS) is 12.5. The first-order valence-electron chi connectivity index (χ1n) is 4.42. The number of aromatic nitrogens is 1. The fourth-order valence-electron chi connectivity index (χ4n) is 1.39. The van der Waals surface area contributed by atoms with E-state index in [9.17, 15) is 4.79 Å². The standard InChI is InChI=1S/C10H14N2O2/c1-6-3-4-8(7(2)12-6)9(11)5-10(13)14/h3-4,9H,5,11H2,1-2H3,(H,13,14). The van der Waals surface area contributed by atoms with Crippen molar-refractivity contribution in [2.75, 3.05) is 0 Å². The number of hydrogen-bond donors (Lipinski definition) is 2. The van der Waals surface area contributed by atoms with Crippen molar-refractivity contribution in [3.8, 4) is 0 Å². The molecule has 0 radical (unpaired) electrons. The number of nitrogens with two attached hydrogens (primary N) is 1. The zero-order chi connectivity index (χ0) is 10.7. The number of pyridine rings is 1. The second-order valence-electron chi connectivity index (χ2n) is 3.33. The van der Waals surface area contributed by atoms with E-state index in [0.29, 0.717) is 0 Å². The van der Waals surface area contributed by atoms with E-state index in [0.717, 1.165) is 17.0 Å². The number of carboxylic acids is 1. The van der Waals surface area contributed by atoms with E-state index in [-0.39, 0.29) is 6.42 Å². The predicted molar refractivity (Wildman–Crippen MR) is 52.9 cm³/mol. The van der Waals surface area contributed by atoms with E-state index in [1.54, 1.807) is 0 Å². The Kier molecular flexibility index (Phi) is 3.19. The quantitative estimate of drug-likeness (QED) is 0.757. The minimum absolute atomic E-state index is 0.0639. The van der Waals surface area contributed by atoms with Gasteiger partial charge in [0.1, 0.15) is 0 Å². The van der Waals surface area contributed by atoms with E-state index < -0.39 is 12.0 Å². The van der Waals surface area contributed by atoms with Crippen LogP contribution in [0.3, 0.4) is 0 Å². The molecule has 76 valence electrons. The molecule has 3 N–H and O–H groups in total. The molecule has 0 saturated heterocycles. The van der Waals surface area contributed by atoms with Crippen LogP contribution < -0.4 is 5.73 Å². The summed E-state index contributed by atoms with van der Waals surface area (Å²) in [6, 6.07) is 3.20. The highest BCUT2D eigenvalue weighted by molar-refractivity contribution is 5.67. The average molecular weight is 194 g/mol. The average Bonchev–Trinajstić information content (AvgIpc) is 2.01. The van der Waals surface area contributed by atoms with Crippen LogP contribution >= 0.6 is 0 Å². The van der Waals surface area contributed by atoms with Gasteiger partial charge in [0.25, 0.3) is 0 Å². The Morgan fingerprint density at radius 3 is 2.71 bits per heavy atom. The maximum Gasteiger partial charge on any atom is 0.305 e. The molecule has 14 heavy (non-hydrogen) atoms. The van der Waals surface area contributed by atoms with Crippen LogP contribution in [0.5, 0.6) is 0 Å². The fourth-order valence-corrected chi connectivity index (χ4v) is 1.39. The Hall–Kier alpha value is -1.42. The van der Waals surface area contributed by atoms with Gasteiger partial charge in [-0.15, -0.1) is 0 Å². The van der Waals surface area contributed by atoms with Crippen LogP contribution in [0.25, 0.3) is 0 Å². The first-order chi connectivity index (χ1) is 6.50. The lowest BCUT2D eigenvalue weighted by atomic mass is 10.0. The zero-order valence-electron chi connectivity index (χ0n) is 8.32.